The SMILES string of the molecule is Cn1ccnc1[C@H](NC(=O)c1ccc(-n2cccc2)cc1)c1ccc(F)cc1. The molecular formula is C22H19FN4O. The second-order valence-corrected chi connectivity index (χ2v) is 6.49. The van der Waals surface area contributed by atoms with Gasteiger partial charge in [-0.1, -0.05) is 12.1 Å². The number of carbonyl (C=O) groups excluding carboxylic acids is 1. The van der Waals surface area contributed by atoms with Gasteiger partial charge in [0.25, 0.3) is 5.91 Å². The molecule has 0 radical (unpaired) electrons. The Labute approximate surface area is 162 Å². The molecule has 0 fully saturated rings. The van der Waals surface area contributed by atoms with E-state index in [4.69, 9.17) is 0 Å². The molecule has 0 aliphatic heterocycles. The molecule has 0 unspecified atom stereocenters. The highest BCUT2D eigenvalue weighted by atomic mass is 19.1. The molecule has 1 atom stereocenters. The second kappa shape index (κ2) is 7.52. The van der Waals surface area contributed by atoms with Crippen LogP contribution in [0.15, 0.2) is 85.5 Å². The molecule has 2 aromatic carbocycles. The van der Waals surface area contributed by atoms with Crippen molar-refractivity contribution in [2.24, 2.45) is 7.05 Å². The van der Waals surface area contributed by atoms with Crippen LogP contribution in [0.1, 0.15) is 27.8 Å². The zero-order chi connectivity index (χ0) is 19.5. The minimum absolute atomic E-state index is 0.226. The second-order valence-electron chi connectivity index (χ2n) is 6.49. The Morgan fingerprint density at radius 1 is 1.00 bits per heavy atom. The lowest BCUT2D eigenvalue weighted by atomic mass is 10.0. The minimum Gasteiger partial charge on any atom is -0.338 e. The first-order valence-electron chi connectivity index (χ1n) is 8.89. The van der Waals surface area contributed by atoms with Crippen molar-refractivity contribution in [2.45, 2.75) is 6.04 Å². The largest absolute Gasteiger partial charge is 0.338 e. The number of amides is 1. The molecule has 0 saturated heterocycles. The van der Waals surface area contributed by atoms with Crippen LogP contribution in [-0.4, -0.2) is 20.0 Å². The average molecular weight is 374 g/mol. The molecule has 6 heteroatoms. The summed E-state index contributed by atoms with van der Waals surface area (Å²) in [6.07, 6.45) is 7.37. The van der Waals surface area contributed by atoms with E-state index >= 15 is 0 Å². The van der Waals surface area contributed by atoms with Gasteiger partial charge in [0, 0.05) is 43.1 Å². The molecule has 4 rings (SSSR count). The van der Waals surface area contributed by atoms with Crippen molar-refractivity contribution in [1.82, 2.24) is 19.4 Å². The van der Waals surface area contributed by atoms with Gasteiger partial charge >= 0.3 is 0 Å². The van der Waals surface area contributed by atoms with Crippen LogP contribution < -0.4 is 5.32 Å². The van der Waals surface area contributed by atoms with Gasteiger partial charge in [0.05, 0.1) is 0 Å². The van der Waals surface area contributed by atoms with Gasteiger partial charge in [0.15, 0.2) is 0 Å². The lowest BCUT2D eigenvalue weighted by molar-refractivity contribution is 0.0941. The third kappa shape index (κ3) is 3.57. The summed E-state index contributed by atoms with van der Waals surface area (Å²) in [4.78, 5) is 17.2. The van der Waals surface area contributed by atoms with Crippen molar-refractivity contribution < 1.29 is 9.18 Å². The molecule has 0 saturated carbocycles. The normalized spacial score (nSPS) is 11.9. The number of halogens is 1. The van der Waals surface area contributed by atoms with Crippen molar-refractivity contribution in [2.75, 3.05) is 0 Å². The molecular weight excluding hydrogens is 355 g/mol. The smallest absolute Gasteiger partial charge is 0.252 e. The Morgan fingerprint density at radius 2 is 1.68 bits per heavy atom. The summed E-state index contributed by atoms with van der Waals surface area (Å²) in [6.45, 7) is 0. The van der Waals surface area contributed by atoms with E-state index in [1.807, 2.05) is 59.0 Å². The number of hydrogen-bond acceptors (Lipinski definition) is 2. The van der Waals surface area contributed by atoms with Crippen LogP contribution in [-0.2, 0) is 7.05 Å². The molecule has 5 nitrogen and oxygen atoms in total. The van der Waals surface area contributed by atoms with Crippen LogP contribution in [0.2, 0.25) is 0 Å². The predicted molar refractivity (Wildman–Crippen MR) is 105 cm³/mol. The molecule has 2 aromatic heterocycles. The summed E-state index contributed by atoms with van der Waals surface area (Å²) < 4.78 is 17.1. The summed E-state index contributed by atoms with van der Waals surface area (Å²) in [5.41, 5.74) is 2.27. The zero-order valence-corrected chi connectivity index (χ0v) is 15.3. The Hall–Kier alpha value is -3.67. The van der Waals surface area contributed by atoms with E-state index in [2.05, 4.69) is 10.3 Å². The monoisotopic (exact) mass is 374 g/mol. The number of hydrogen-bond donors (Lipinski definition) is 1. The summed E-state index contributed by atoms with van der Waals surface area (Å²) in [6, 6.07) is 16.8. The van der Waals surface area contributed by atoms with E-state index in [1.165, 1.54) is 12.1 Å². The van der Waals surface area contributed by atoms with Crippen molar-refractivity contribution in [3.05, 3.63) is 108 Å². The summed E-state index contributed by atoms with van der Waals surface area (Å²) in [5.74, 6) is 0.120. The standard InChI is InChI=1S/C22H19FN4O/c1-26-15-12-24-21(26)20(16-4-8-18(23)9-5-16)25-22(28)17-6-10-19(11-7-17)27-13-2-3-14-27/h2-15,20H,1H3,(H,25,28)/t20-/m1/s1. The summed E-state index contributed by atoms with van der Waals surface area (Å²) in [7, 11) is 1.86. The topological polar surface area (TPSA) is 51.9 Å². The summed E-state index contributed by atoms with van der Waals surface area (Å²) in [5, 5.41) is 3.02. The number of carbonyl (C=O) groups is 1. The first kappa shape index (κ1) is 17.7. The quantitative estimate of drug-likeness (QED) is 0.577. The van der Waals surface area contributed by atoms with E-state index in [-0.39, 0.29) is 11.7 Å². The third-order valence-electron chi connectivity index (χ3n) is 4.63. The van der Waals surface area contributed by atoms with Gasteiger partial charge in [-0.3, -0.25) is 4.79 Å². The fourth-order valence-electron chi connectivity index (χ4n) is 3.11. The number of imidazole rings is 1. The van der Waals surface area contributed by atoms with E-state index in [1.54, 1.807) is 30.5 Å². The highest BCUT2D eigenvalue weighted by molar-refractivity contribution is 5.94. The number of benzene rings is 2. The summed E-state index contributed by atoms with van der Waals surface area (Å²) >= 11 is 0. The van der Waals surface area contributed by atoms with Crippen molar-refractivity contribution >= 4 is 5.91 Å². The van der Waals surface area contributed by atoms with E-state index < -0.39 is 6.04 Å². The van der Waals surface area contributed by atoms with Crippen LogP contribution in [0, 0.1) is 5.82 Å². The van der Waals surface area contributed by atoms with Crippen molar-refractivity contribution in [3.63, 3.8) is 0 Å². The van der Waals surface area contributed by atoms with E-state index in [9.17, 15) is 9.18 Å². The van der Waals surface area contributed by atoms with Gasteiger partial charge in [-0.25, -0.2) is 9.37 Å². The minimum atomic E-state index is -0.489. The maximum atomic E-state index is 13.3. The lowest BCUT2D eigenvalue weighted by Gasteiger charge is -2.19. The first-order chi connectivity index (χ1) is 13.6. The molecule has 0 aliphatic carbocycles. The fourth-order valence-corrected chi connectivity index (χ4v) is 3.11. The Bertz CT molecular complexity index is 1070. The van der Waals surface area contributed by atoms with Crippen LogP contribution in [0.3, 0.4) is 0 Å². The van der Waals surface area contributed by atoms with Gasteiger partial charge in [-0.05, 0) is 54.1 Å². The van der Waals surface area contributed by atoms with Gasteiger partial charge in [0.1, 0.15) is 17.7 Å². The molecule has 1 amide bonds. The number of nitrogens with zero attached hydrogens (tertiary/aromatic N) is 3. The number of rotatable bonds is 5. The maximum absolute atomic E-state index is 13.3. The molecule has 1 N–H and O–H groups in total. The Morgan fingerprint density at radius 3 is 2.29 bits per heavy atom. The maximum Gasteiger partial charge on any atom is 0.252 e. The van der Waals surface area contributed by atoms with Crippen LogP contribution in [0.25, 0.3) is 5.69 Å². The molecule has 140 valence electrons. The molecule has 28 heavy (non-hydrogen) atoms. The lowest BCUT2D eigenvalue weighted by Crippen LogP contribution is -2.31. The van der Waals surface area contributed by atoms with Crippen LogP contribution >= 0.6 is 0 Å². The molecule has 0 aliphatic rings. The molecule has 0 spiro atoms. The fraction of sp³-hybridized carbons (Fsp3) is 0.0909. The molecule has 4 aromatic rings. The van der Waals surface area contributed by atoms with Gasteiger partial charge in [-0.2, -0.15) is 0 Å². The van der Waals surface area contributed by atoms with Crippen molar-refractivity contribution in [3.8, 4) is 5.69 Å². The molecule has 0 bridgehead atoms. The van der Waals surface area contributed by atoms with Crippen LogP contribution in [0.5, 0.6) is 0 Å². The van der Waals surface area contributed by atoms with Crippen molar-refractivity contribution in [1.29, 1.82) is 0 Å². The highest BCUT2D eigenvalue weighted by Gasteiger charge is 2.21. The highest BCUT2D eigenvalue weighted by Crippen LogP contribution is 2.22. The first-order valence-corrected chi connectivity index (χ1v) is 8.89. The molecule has 2 heterocycles. The van der Waals surface area contributed by atoms with Gasteiger partial charge < -0.3 is 14.5 Å². The van der Waals surface area contributed by atoms with Crippen LogP contribution in [0.4, 0.5) is 4.39 Å². The number of aromatic nitrogens is 3. The van der Waals surface area contributed by atoms with E-state index in [0.29, 0.717) is 11.4 Å². The van der Waals surface area contributed by atoms with Gasteiger partial charge in [-0.15, -0.1) is 0 Å². The number of nitrogens with one attached hydrogen (secondary N) is 1. The predicted octanol–water partition coefficient (Wildman–Crippen LogP) is 3.87. The third-order valence-corrected chi connectivity index (χ3v) is 4.63. The Kier molecular flexibility index (Phi) is 4.76. The Balaban J connectivity index is 1.60. The zero-order valence-electron chi connectivity index (χ0n) is 15.3. The average Bonchev–Trinajstić information content (AvgIpc) is 3.39. The van der Waals surface area contributed by atoms with Gasteiger partial charge in [0.2, 0.25) is 0 Å². The van der Waals surface area contributed by atoms with E-state index in [0.717, 1.165) is 11.3 Å². The number of aryl methyl sites for hydroxylation is 1.